The molecule has 0 saturated carbocycles. The lowest BCUT2D eigenvalue weighted by atomic mass is 9.89. The molecule has 37 nitrogen and oxygen atoms in total. The maximum absolute atomic E-state index is 16.6. The number of likely N-dealkylation sites (N-methyl/N-ethyl adjacent to an activating group) is 1. The fourth-order valence-electron chi connectivity index (χ4n) is 14.8. The number of ether oxygens (including phenoxy) is 8. The lowest BCUT2D eigenvalue weighted by Gasteiger charge is -2.40. The van der Waals surface area contributed by atoms with Crippen molar-refractivity contribution in [3.63, 3.8) is 0 Å². The highest BCUT2D eigenvalue weighted by Gasteiger charge is 2.50. The number of amides is 6. The second-order valence-corrected chi connectivity index (χ2v) is 30.2. The van der Waals surface area contributed by atoms with Crippen LogP contribution in [0.15, 0.2) is 140 Å². The zero-order valence-corrected chi connectivity index (χ0v) is 65.1. The van der Waals surface area contributed by atoms with Crippen molar-refractivity contribution in [2.75, 3.05) is 20.3 Å². The van der Waals surface area contributed by atoms with Crippen LogP contribution in [-0.2, 0) is 60.8 Å². The summed E-state index contributed by atoms with van der Waals surface area (Å²) < 4.78 is 49.3. The summed E-state index contributed by atoms with van der Waals surface area (Å²) >= 11 is 14.1. The van der Waals surface area contributed by atoms with Gasteiger partial charge in [0.2, 0.25) is 53.8 Å². The Morgan fingerprint density at radius 2 is 1.21 bits per heavy atom. The minimum absolute atomic E-state index is 0.0665. The van der Waals surface area contributed by atoms with E-state index in [-0.39, 0.29) is 34.9 Å². The van der Waals surface area contributed by atoms with Crippen LogP contribution >= 0.6 is 23.2 Å². The Labute approximate surface area is 695 Å². The van der Waals surface area contributed by atoms with Gasteiger partial charge in [0.15, 0.2) is 35.1 Å². The minimum Gasteiger partial charge on any atom is -0.508 e. The first-order chi connectivity index (χ1) is 57.7. The maximum atomic E-state index is 16.6. The number of nitrogens with two attached hydrogens (primary N) is 1. The second-order valence-electron chi connectivity index (χ2n) is 29.5. The Hall–Kier alpha value is -12.3. The highest BCUT2D eigenvalue weighted by atomic mass is 35.5. The zero-order chi connectivity index (χ0) is 86.4. The average molecular weight is 1710 g/mol. The van der Waals surface area contributed by atoms with Crippen LogP contribution in [0.2, 0.25) is 10.0 Å². The van der Waals surface area contributed by atoms with E-state index in [2.05, 4.69) is 31.9 Å². The third kappa shape index (κ3) is 17.6. The summed E-state index contributed by atoms with van der Waals surface area (Å²) in [4.78, 5) is 124. The number of phenols is 4. The topological polar surface area (TPSA) is 575 Å². The molecule has 2 fully saturated rings. The van der Waals surface area contributed by atoms with Crippen LogP contribution in [0, 0.1) is 0 Å². The molecule has 39 heteroatoms. The van der Waals surface area contributed by atoms with Gasteiger partial charge in [-0.25, -0.2) is 9.59 Å². The molecular weight excluding hydrogens is 1630 g/mol. The summed E-state index contributed by atoms with van der Waals surface area (Å²) in [5, 5.41) is 161. The van der Waals surface area contributed by atoms with Crippen LogP contribution in [0.4, 0.5) is 0 Å². The van der Waals surface area contributed by atoms with E-state index in [1.807, 2.05) is 6.92 Å². The van der Waals surface area contributed by atoms with Gasteiger partial charge in [-0.05, 0) is 132 Å². The molecule has 2 saturated heterocycles. The standard InChI is InChI=1S/C82H80Cl2N8O29/c1-3-4-19-114-39-12-7-33(8-13-39)30-92(2)64-35-10-17-48(96)51(23-35)116-41-28-44(57(84)49(97)29-41)61-76(107)88-60-37-24-53(115-40-14-5-32(6-15-40)20-46(73(104)89-61)86-78(64)109)71(120-81-58(85)67(100)69(102)72(121-81)80(112)113)54(25-37)117-50-18-11-36(22-45(50)83)65(98)63-77(108)90-62(79(110)111)43-26-38(94)27-52(118-82-70(103)68(101)66(99)55(31-93)119-82)56(43)42-21-34(9-16-47(42)95)59(74(105)91-63)87-75(60)106/h5-18,21-29,46,55,58-70,72,81-82,93-103H,3-4,19-20,30-31,85H2,1-2H3,(H,86,109)(H,87,106)(H,88,107)(H,89,104)(H,90,108)(H,91,105)(H,110,111)(H,112,113)/t46-,55-,58?,59-,60-,61+,62+,63?,64-,65-,66-,67-,68+,69?,70+,72?,81-,82+/m1/s1. The lowest BCUT2D eigenvalue weighted by Crippen LogP contribution is -2.64. The number of nitrogens with zero attached hydrogens (tertiary/aromatic N) is 1. The number of carbonyl (C=O) groups excluding carboxylic acids is 6. The molecular formula is C82H80Cl2N8O29. The second kappa shape index (κ2) is 35.2. The molecule has 0 spiro atoms. The minimum atomic E-state index is -2.45. The Morgan fingerprint density at radius 1 is 0.554 bits per heavy atom. The molecule has 4 unspecified atom stereocenters. The van der Waals surface area contributed by atoms with Gasteiger partial charge in [-0.1, -0.05) is 79.0 Å². The molecule has 0 aromatic heterocycles. The van der Waals surface area contributed by atoms with Gasteiger partial charge in [-0.15, -0.1) is 0 Å². The third-order valence-electron chi connectivity index (χ3n) is 21.2. The Bertz CT molecular complexity index is 5380. The number of aliphatic carboxylic acids is 2. The van der Waals surface area contributed by atoms with Crippen molar-refractivity contribution in [3.8, 4) is 85.9 Å². The van der Waals surface area contributed by atoms with Crippen molar-refractivity contribution in [3.05, 3.63) is 194 Å². The van der Waals surface area contributed by atoms with Crippen LogP contribution in [0.1, 0.15) is 101 Å². The van der Waals surface area contributed by atoms with E-state index in [1.54, 1.807) is 36.2 Å². The summed E-state index contributed by atoms with van der Waals surface area (Å²) in [5.74, 6) is -18.0. The Balaban J connectivity index is 0.977. The number of hydrogen-bond acceptors (Lipinski definition) is 29. The van der Waals surface area contributed by atoms with Crippen molar-refractivity contribution in [2.45, 2.75) is 142 Å². The number of aliphatic hydroxyl groups excluding tert-OH is 7. The molecule has 6 amide bonds. The molecule has 0 aliphatic carbocycles. The molecule has 8 aliphatic heterocycles. The smallest absolute Gasteiger partial charge is 0.335 e. The highest BCUT2D eigenvalue weighted by molar-refractivity contribution is 6.33. The quantitative estimate of drug-likeness (QED) is 0.0694. The number of fused-ring (bicyclic) bond motifs is 14. The third-order valence-corrected chi connectivity index (χ3v) is 21.9. The molecule has 636 valence electrons. The van der Waals surface area contributed by atoms with E-state index in [0.29, 0.717) is 23.5 Å². The van der Waals surface area contributed by atoms with Crippen molar-refractivity contribution in [2.24, 2.45) is 5.73 Å². The number of nitrogens with one attached hydrogen (secondary N) is 6. The number of carboxylic acid groups (broad SMARTS) is 2. The van der Waals surface area contributed by atoms with E-state index in [0.717, 1.165) is 85.6 Å². The summed E-state index contributed by atoms with van der Waals surface area (Å²) in [5.41, 5.74) is 3.96. The van der Waals surface area contributed by atoms with Gasteiger partial charge in [0.05, 0.1) is 29.3 Å². The van der Waals surface area contributed by atoms with Crippen LogP contribution in [0.3, 0.4) is 0 Å². The van der Waals surface area contributed by atoms with Gasteiger partial charge >= 0.3 is 11.9 Å². The van der Waals surface area contributed by atoms with Gasteiger partial charge in [0.1, 0.15) is 125 Å². The predicted octanol–water partition coefficient (Wildman–Crippen LogP) is 3.34. The summed E-state index contributed by atoms with van der Waals surface area (Å²) in [6.45, 7) is 1.57. The van der Waals surface area contributed by atoms with Gasteiger partial charge < -0.3 is 142 Å². The number of halogens is 2. The molecule has 8 aromatic rings. The SMILES string of the molecule is CCCCOc1ccc(CN(C)[C@H]2C(=O)N[C@@H]3Cc4ccc(cc4)Oc4cc5cc(c4O[C@@H]4OC(C(=O)O)C(O)[C@H](O)C4N)Oc4ccc(cc4Cl)[C@@H](O)C4NC(=O)[C@H](NC(=O)[C@@H]5NC(=O)[C@@H](NC3=O)c3cc(cc(O)c3Cl)Oc3cc2ccc3O)c2ccc(O)c(c2)-c2c(O[C@H]3O[C@H](CO)[C@@H](O)[C@H](O)[C@@H]3O)cc(O)cc2[C@@H](C(=O)O)NC4=O)cc1. The highest BCUT2D eigenvalue weighted by Crippen LogP contribution is 2.50. The van der Waals surface area contributed by atoms with Gasteiger partial charge in [0.25, 0.3) is 0 Å². The number of rotatable bonds is 14. The number of aliphatic hydroxyl groups is 7. The van der Waals surface area contributed by atoms with Crippen molar-refractivity contribution >= 4 is 70.6 Å². The van der Waals surface area contributed by atoms with Crippen molar-refractivity contribution in [1.82, 2.24) is 36.8 Å². The lowest BCUT2D eigenvalue weighted by molar-refractivity contribution is -0.277. The molecule has 121 heavy (non-hydrogen) atoms. The first kappa shape index (κ1) is 85.1. The van der Waals surface area contributed by atoms with E-state index in [9.17, 15) is 76.0 Å². The monoisotopic (exact) mass is 1710 g/mol. The summed E-state index contributed by atoms with van der Waals surface area (Å²) in [6, 6.07) is 11.8. The molecule has 8 heterocycles. The van der Waals surface area contributed by atoms with Gasteiger partial charge in [-0.3, -0.25) is 33.7 Å². The first-order valence-corrected chi connectivity index (χ1v) is 38.4. The average Bonchev–Trinajstić information content (AvgIpc) is 0.759. The predicted molar refractivity (Wildman–Crippen MR) is 417 cm³/mol. The van der Waals surface area contributed by atoms with E-state index in [4.69, 9.17) is 66.8 Å². The van der Waals surface area contributed by atoms with Crippen molar-refractivity contribution < 1.29 is 143 Å². The normalized spacial score (nSPS) is 26.6. The number of phenolic OH excluding ortho intramolecular Hbond substituents is 4. The van der Waals surface area contributed by atoms with Crippen LogP contribution < -0.4 is 66.1 Å². The largest absolute Gasteiger partial charge is 0.508 e. The molecule has 17 bridgehead atoms. The summed E-state index contributed by atoms with van der Waals surface area (Å²) in [7, 11) is 1.62. The molecule has 0 radical (unpaired) electrons. The molecule has 21 N–H and O–H groups in total. The summed E-state index contributed by atoms with van der Waals surface area (Å²) in [6.07, 6.45) is -19.7. The van der Waals surface area contributed by atoms with E-state index < -0.39 is 265 Å². The Morgan fingerprint density at radius 3 is 1.90 bits per heavy atom. The van der Waals surface area contributed by atoms with E-state index in [1.165, 1.54) is 42.5 Å². The van der Waals surface area contributed by atoms with Crippen molar-refractivity contribution in [1.29, 1.82) is 0 Å². The van der Waals surface area contributed by atoms with Gasteiger partial charge in [0, 0.05) is 47.4 Å². The fourth-order valence-corrected chi connectivity index (χ4v) is 15.3. The van der Waals surface area contributed by atoms with Crippen LogP contribution in [0.25, 0.3) is 11.1 Å². The number of benzene rings is 8. The molecule has 16 rings (SSSR count). The van der Waals surface area contributed by atoms with Crippen LogP contribution in [0.5, 0.6) is 74.7 Å². The zero-order valence-electron chi connectivity index (χ0n) is 63.5. The maximum Gasteiger partial charge on any atom is 0.335 e. The first-order valence-electron chi connectivity index (χ1n) is 37.7. The fraction of sp³-hybridized carbons (Fsp3) is 0.317. The molecule has 18 atom stereocenters. The number of aromatic hydroxyl groups is 4. The number of carbonyl (C=O) groups is 8. The molecule has 8 aliphatic rings. The number of hydrogen-bond donors (Lipinski definition) is 20. The number of carboxylic acids is 2. The van der Waals surface area contributed by atoms with Gasteiger partial charge in [-0.2, -0.15) is 0 Å². The Kier molecular flexibility index (Phi) is 24.7. The van der Waals surface area contributed by atoms with Crippen LogP contribution in [-0.4, -0.2) is 212 Å². The van der Waals surface area contributed by atoms with E-state index >= 15 is 28.8 Å². The number of unbranched alkanes of at least 4 members (excludes halogenated alkanes) is 1. The molecule has 8 aromatic carbocycles.